The fraction of sp³-hybridized carbons (Fsp3) is 0.273. The van der Waals surface area contributed by atoms with E-state index in [4.69, 9.17) is 5.73 Å². The van der Waals surface area contributed by atoms with Crippen LogP contribution in [-0.4, -0.2) is 16.7 Å². The highest BCUT2D eigenvalue weighted by atomic mass is 16.7. The first-order chi connectivity index (χ1) is 8.58. The van der Waals surface area contributed by atoms with Gasteiger partial charge in [0.1, 0.15) is 0 Å². The standard InChI is InChI=1S/C11H11N3O4/c12-10(13-18-11(15)8-1-2-8)7-3-5-9(6-4-7)14(16)17/h3-6,8H,1-2H2,(H2,12,13). The molecule has 1 fully saturated rings. The summed E-state index contributed by atoms with van der Waals surface area (Å²) in [5.74, 6) is -0.433. The Kier molecular flexibility index (Phi) is 3.22. The van der Waals surface area contributed by atoms with Gasteiger partial charge in [-0.25, -0.2) is 4.79 Å². The molecule has 7 nitrogen and oxygen atoms in total. The average molecular weight is 249 g/mol. The number of oxime groups is 1. The minimum absolute atomic E-state index is 0.0129. The van der Waals surface area contributed by atoms with Crippen LogP contribution in [0, 0.1) is 16.0 Å². The zero-order chi connectivity index (χ0) is 13.1. The number of hydrogen-bond acceptors (Lipinski definition) is 5. The predicted molar refractivity (Wildman–Crippen MR) is 62.6 cm³/mol. The van der Waals surface area contributed by atoms with E-state index in [9.17, 15) is 14.9 Å². The van der Waals surface area contributed by atoms with E-state index < -0.39 is 4.92 Å². The number of nitrogens with two attached hydrogens (primary N) is 1. The van der Waals surface area contributed by atoms with Crippen LogP contribution in [0.4, 0.5) is 5.69 Å². The lowest BCUT2D eigenvalue weighted by atomic mass is 10.2. The number of rotatable bonds is 4. The van der Waals surface area contributed by atoms with Crippen LogP contribution in [0.5, 0.6) is 0 Å². The van der Waals surface area contributed by atoms with E-state index in [1.807, 2.05) is 0 Å². The van der Waals surface area contributed by atoms with E-state index in [1.165, 1.54) is 24.3 Å². The summed E-state index contributed by atoms with van der Waals surface area (Å²) in [5, 5.41) is 14.0. The monoisotopic (exact) mass is 249 g/mol. The molecule has 1 saturated carbocycles. The number of carbonyl (C=O) groups excluding carboxylic acids is 1. The number of non-ortho nitro benzene ring substituents is 1. The summed E-state index contributed by atoms with van der Waals surface area (Å²) in [6.07, 6.45) is 1.65. The molecular formula is C11H11N3O4. The molecular weight excluding hydrogens is 238 g/mol. The van der Waals surface area contributed by atoms with Gasteiger partial charge in [0.2, 0.25) is 0 Å². The highest BCUT2D eigenvalue weighted by Crippen LogP contribution is 2.30. The Labute approximate surface area is 102 Å². The molecule has 1 aliphatic rings. The van der Waals surface area contributed by atoms with Gasteiger partial charge in [-0.3, -0.25) is 10.1 Å². The first-order valence-corrected chi connectivity index (χ1v) is 5.37. The number of nitro benzene ring substituents is 1. The van der Waals surface area contributed by atoms with Crippen LogP contribution in [0.15, 0.2) is 29.4 Å². The van der Waals surface area contributed by atoms with Gasteiger partial charge in [-0.1, -0.05) is 5.16 Å². The van der Waals surface area contributed by atoms with Crippen molar-refractivity contribution in [3.05, 3.63) is 39.9 Å². The largest absolute Gasteiger partial charge is 0.380 e. The van der Waals surface area contributed by atoms with Gasteiger partial charge in [-0.05, 0) is 25.0 Å². The van der Waals surface area contributed by atoms with Crippen molar-refractivity contribution >= 4 is 17.5 Å². The second-order valence-electron chi connectivity index (χ2n) is 3.97. The quantitative estimate of drug-likeness (QED) is 0.283. The third kappa shape index (κ3) is 2.82. The fourth-order valence-electron chi connectivity index (χ4n) is 1.29. The van der Waals surface area contributed by atoms with E-state index in [2.05, 4.69) is 9.99 Å². The second-order valence-corrected chi connectivity index (χ2v) is 3.97. The summed E-state index contributed by atoms with van der Waals surface area (Å²) in [5.41, 5.74) is 6.01. The van der Waals surface area contributed by atoms with Crippen LogP contribution in [0.1, 0.15) is 18.4 Å². The van der Waals surface area contributed by atoms with Crippen molar-refractivity contribution in [2.75, 3.05) is 0 Å². The summed E-state index contributed by atoms with van der Waals surface area (Å²) >= 11 is 0. The molecule has 94 valence electrons. The summed E-state index contributed by atoms with van der Waals surface area (Å²) < 4.78 is 0. The van der Waals surface area contributed by atoms with Crippen molar-refractivity contribution in [2.24, 2.45) is 16.8 Å². The average Bonchev–Trinajstić information content (AvgIpc) is 3.20. The first-order valence-electron chi connectivity index (χ1n) is 5.37. The maximum Gasteiger partial charge on any atom is 0.338 e. The van der Waals surface area contributed by atoms with E-state index >= 15 is 0 Å². The fourth-order valence-corrected chi connectivity index (χ4v) is 1.29. The van der Waals surface area contributed by atoms with Crippen molar-refractivity contribution < 1.29 is 14.6 Å². The molecule has 0 amide bonds. The highest BCUT2D eigenvalue weighted by Gasteiger charge is 2.31. The van der Waals surface area contributed by atoms with Crippen molar-refractivity contribution in [3.63, 3.8) is 0 Å². The number of benzene rings is 1. The molecule has 1 aromatic rings. The maximum absolute atomic E-state index is 11.2. The minimum atomic E-state index is -0.510. The summed E-state index contributed by atoms with van der Waals surface area (Å²) in [7, 11) is 0. The highest BCUT2D eigenvalue weighted by molar-refractivity contribution is 5.97. The molecule has 2 N–H and O–H groups in total. The number of amidine groups is 1. The molecule has 0 heterocycles. The van der Waals surface area contributed by atoms with Crippen LogP contribution in [0.25, 0.3) is 0 Å². The molecule has 0 bridgehead atoms. The Hall–Kier alpha value is -2.44. The van der Waals surface area contributed by atoms with Crippen LogP contribution < -0.4 is 5.73 Å². The predicted octanol–water partition coefficient (Wildman–Crippen LogP) is 1.17. The van der Waals surface area contributed by atoms with Crippen LogP contribution >= 0.6 is 0 Å². The Balaban J connectivity index is 2.02. The van der Waals surface area contributed by atoms with Gasteiger partial charge in [-0.15, -0.1) is 0 Å². The Morgan fingerprint density at radius 1 is 1.39 bits per heavy atom. The molecule has 0 aliphatic heterocycles. The number of nitro groups is 1. The molecule has 1 aliphatic carbocycles. The lowest BCUT2D eigenvalue weighted by molar-refractivity contribution is -0.384. The molecule has 1 aromatic carbocycles. The Morgan fingerprint density at radius 2 is 2.00 bits per heavy atom. The van der Waals surface area contributed by atoms with Gasteiger partial charge in [0, 0.05) is 17.7 Å². The van der Waals surface area contributed by atoms with Crippen molar-refractivity contribution in [3.8, 4) is 0 Å². The van der Waals surface area contributed by atoms with E-state index in [0.29, 0.717) is 5.56 Å². The van der Waals surface area contributed by atoms with Crippen LogP contribution in [-0.2, 0) is 9.63 Å². The molecule has 7 heteroatoms. The zero-order valence-electron chi connectivity index (χ0n) is 9.41. The molecule has 2 rings (SSSR count). The lowest BCUT2D eigenvalue weighted by Gasteiger charge is -2.00. The number of carbonyl (C=O) groups is 1. The smallest absolute Gasteiger partial charge is 0.338 e. The van der Waals surface area contributed by atoms with Crippen LogP contribution in [0.2, 0.25) is 0 Å². The van der Waals surface area contributed by atoms with Crippen molar-refractivity contribution in [2.45, 2.75) is 12.8 Å². The van der Waals surface area contributed by atoms with Gasteiger partial charge >= 0.3 is 5.97 Å². The molecule has 0 unspecified atom stereocenters. The molecule has 0 radical (unpaired) electrons. The van der Waals surface area contributed by atoms with Crippen molar-refractivity contribution in [1.29, 1.82) is 0 Å². The summed E-state index contributed by atoms with van der Waals surface area (Å²) in [6.45, 7) is 0. The minimum Gasteiger partial charge on any atom is -0.380 e. The molecule has 0 atom stereocenters. The van der Waals surface area contributed by atoms with E-state index in [0.717, 1.165) is 12.8 Å². The Bertz CT molecular complexity index is 506. The van der Waals surface area contributed by atoms with Gasteiger partial charge < -0.3 is 10.6 Å². The number of nitrogens with zero attached hydrogens (tertiary/aromatic N) is 2. The molecule has 0 spiro atoms. The van der Waals surface area contributed by atoms with E-state index in [1.54, 1.807) is 0 Å². The SMILES string of the molecule is N/C(=N\OC(=O)C1CC1)c1ccc([N+](=O)[O-])cc1. The topological polar surface area (TPSA) is 108 Å². The number of hydrogen-bond donors (Lipinski definition) is 1. The molecule has 0 saturated heterocycles. The summed E-state index contributed by atoms with van der Waals surface area (Å²) in [6, 6.07) is 5.50. The zero-order valence-corrected chi connectivity index (χ0v) is 9.41. The lowest BCUT2D eigenvalue weighted by Crippen LogP contribution is -2.15. The third-order valence-electron chi connectivity index (χ3n) is 2.52. The first kappa shape index (κ1) is 12.0. The summed E-state index contributed by atoms with van der Waals surface area (Å²) in [4.78, 5) is 25.8. The molecule has 18 heavy (non-hydrogen) atoms. The van der Waals surface area contributed by atoms with Gasteiger partial charge in [0.25, 0.3) is 5.69 Å². The van der Waals surface area contributed by atoms with Crippen molar-refractivity contribution in [1.82, 2.24) is 0 Å². The van der Waals surface area contributed by atoms with Gasteiger partial charge in [-0.2, -0.15) is 0 Å². The maximum atomic E-state index is 11.2. The van der Waals surface area contributed by atoms with Gasteiger partial charge in [0.05, 0.1) is 10.8 Å². The van der Waals surface area contributed by atoms with Gasteiger partial charge in [0.15, 0.2) is 5.84 Å². The van der Waals surface area contributed by atoms with Crippen LogP contribution in [0.3, 0.4) is 0 Å². The third-order valence-corrected chi connectivity index (χ3v) is 2.52. The molecule has 0 aromatic heterocycles. The second kappa shape index (κ2) is 4.82. The van der Waals surface area contributed by atoms with E-state index in [-0.39, 0.29) is 23.4 Å². The normalized spacial score (nSPS) is 15.2. The Morgan fingerprint density at radius 3 is 2.50 bits per heavy atom.